The van der Waals surface area contributed by atoms with Crippen LogP contribution in [0.1, 0.15) is 23.7 Å². The number of nitrogens with two attached hydrogens (primary N) is 2. The molecule has 11 nitrogen and oxygen atoms in total. The van der Waals surface area contributed by atoms with Crippen molar-refractivity contribution in [1.82, 2.24) is 16.0 Å². The van der Waals surface area contributed by atoms with Crippen LogP contribution >= 0.6 is 0 Å². The van der Waals surface area contributed by atoms with Gasteiger partial charge in [0.15, 0.2) is 0 Å². The second-order valence-corrected chi connectivity index (χ2v) is 5.97. The first-order valence-electron chi connectivity index (χ1n) is 8.30. The number of aliphatic hydroxyl groups is 1. The average Bonchev–Trinajstić information content (AvgIpc) is 2.63. The predicted octanol–water partition coefficient (Wildman–Crippen LogP) is -2.87. The third-order valence-corrected chi connectivity index (χ3v) is 3.59. The summed E-state index contributed by atoms with van der Waals surface area (Å²) in [6.07, 6.45) is -1.71. The SMILES string of the molecule is CC(O)C(NC(=O)CNC(=O)C(CC(N)=O)NC(=O)c1ccccc1)C(N)=O. The van der Waals surface area contributed by atoms with Gasteiger partial charge in [0.25, 0.3) is 5.91 Å². The van der Waals surface area contributed by atoms with Crippen LogP contribution in [-0.2, 0) is 19.2 Å². The lowest BCUT2D eigenvalue weighted by atomic mass is 10.1. The van der Waals surface area contributed by atoms with Crippen molar-refractivity contribution in [2.24, 2.45) is 11.5 Å². The second-order valence-electron chi connectivity index (χ2n) is 5.97. The van der Waals surface area contributed by atoms with Crippen LogP contribution in [-0.4, -0.2) is 59.4 Å². The number of carbonyl (C=O) groups excluding carboxylic acids is 5. The van der Waals surface area contributed by atoms with Crippen LogP contribution < -0.4 is 27.4 Å². The van der Waals surface area contributed by atoms with E-state index in [1.807, 2.05) is 0 Å². The van der Waals surface area contributed by atoms with Crippen LogP contribution in [0.25, 0.3) is 0 Å². The summed E-state index contributed by atoms with van der Waals surface area (Å²) < 4.78 is 0. The minimum atomic E-state index is -1.33. The van der Waals surface area contributed by atoms with Crippen molar-refractivity contribution in [3.8, 4) is 0 Å². The van der Waals surface area contributed by atoms with Crippen LogP contribution in [0.4, 0.5) is 0 Å². The molecule has 0 saturated heterocycles. The van der Waals surface area contributed by atoms with Gasteiger partial charge in [0.05, 0.1) is 19.1 Å². The molecule has 3 unspecified atom stereocenters. The summed E-state index contributed by atoms with van der Waals surface area (Å²) in [7, 11) is 0. The number of benzene rings is 1. The van der Waals surface area contributed by atoms with Crippen LogP contribution in [0.5, 0.6) is 0 Å². The Morgan fingerprint density at radius 2 is 1.64 bits per heavy atom. The zero-order valence-corrected chi connectivity index (χ0v) is 15.2. The van der Waals surface area contributed by atoms with Gasteiger partial charge in [-0.25, -0.2) is 0 Å². The third-order valence-electron chi connectivity index (χ3n) is 3.59. The van der Waals surface area contributed by atoms with E-state index in [0.717, 1.165) is 0 Å². The first kappa shape index (κ1) is 22.6. The summed E-state index contributed by atoms with van der Waals surface area (Å²) in [5, 5.41) is 16.2. The molecule has 0 bridgehead atoms. The number of hydrogen-bond donors (Lipinski definition) is 6. The van der Waals surface area contributed by atoms with Gasteiger partial charge in [0, 0.05) is 5.56 Å². The van der Waals surface area contributed by atoms with E-state index in [1.54, 1.807) is 18.2 Å². The first-order chi connectivity index (χ1) is 13.1. The van der Waals surface area contributed by atoms with Crippen LogP contribution in [0.15, 0.2) is 30.3 Å². The molecule has 0 aliphatic heterocycles. The lowest BCUT2D eigenvalue weighted by molar-refractivity contribution is -0.131. The molecule has 1 rings (SSSR count). The molecule has 0 spiro atoms. The molecule has 0 saturated carbocycles. The van der Waals surface area contributed by atoms with Crippen molar-refractivity contribution < 1.29 is 29.1 Å². The van der Waals surface area contributed by atoms with Gasteiger partial charge in [0.2, 0.25) is 23.6 Å². The number of hydrogen-bond acceptors (Lipinski definition) is 6. The molecule has 5 amide bonds. The first-order valence-corrected chi connectivity index (χ1v) is 8.30. The smallest absolute Gasteiger partial charge is 0.251 e. The highest BCUT2D eigenvalue weighted by molar-refractivity contribution is 5.99. The molecular formula is C17H23N5O6. The van der Waals surface area contributed by atoms with Crippen molar-refractivity contribution in [1.29, 1.82) is 0 Å². The van der Waals surface area contributed by atoms with Gasteiger partial charge in [-0.2, -0.15) is 0 Å². The van der Waals surface area contributed by atoms with Crippen molar-refractivity contribution in [2.75, 3.05) is 6.54 Å². The quantitative estimate of drug-likeness (QED) is 0.247. The second kappa shape index (κ2) is 10.6. The van der Waals surface area contributed by atoms with Gasteiger partial charge in [-0.3, -0.25) is 24.0 Å². The van der Waals surface area contributed by atoms with Crippen LogP contribution in [0, 0.1) is 0 Å². The maximum Gasteiger partial charge on any atom is 0.251 e. The monoisotopic (exact) mass is 393 g/mol. The number of carbonyl (C=O) groups is 5. The molecule has 0 fully saturated rings. The lowest BCUT2D eigenvalue weighted by Gasteiger charge is -2.19. The van der Waals surface area contributed by atoms with Crippen LogP contribution in [0.2, 0.25) is 0 Å². The number of nitrogens with one attached hydrogen (secondary N) is 3. The van der Waals surface area contributed by atoms with Gasteiger partial charge < -0.3 is 32.5 Å². The topological polar surface area (TPSA) is 194 Å². The minimum absolute atomic E-state index is 0.267. The fraction of sp³-hybridized carbons (Fsp3) is 0.353. The molecule has 0 heterocycles. The molecule has 1 aromatic carbocycles. The zero-order chi connectivity index (χ0) is 21.3. The van der Waals surface area contributed by atoms with E-state index in [2.05, 4.69) is 16.0 Å². The Hall–Kier alpha value is -3.47. The Morgan fingerprint density at radius 3 is 2.14 bits per heavy atom. The van der Waals surface area contributed by atoms with Gasteiger partial charge in [-0.05, 0) is 19.1 Å². The number of amides is 5. The largest absolute Gasteiger partial charge is 0.391 e. The van der Waals surface area contributed by atoms with E-state index in [1.165, 1.54) is 19.1 Å². The molecule has 8 N–H and O–H groups in total. The summed E-state index contributed by atoms with van der Waals surface area (Å²) in [5.74, 6) is -4.01. The molecule has 1 aromatic rings. The molecule has 0 radical (unpaired) electrons. The molecular weight excluding hydrogens is 370 g/mol. The number of rotatable bonds is 10. The van der Waals surface area contributed by atoms with E-state index in [4.69, 9.17) is 11.5 Å². The summed E-state index contributed by atoms with van der Waals surface area (Å²) in [4.78, 5) is 58.6. The van der Waals surface area contributed by atoms with Gasteiger partial charge >= 0.3 is 0 Å². The molecule has 0 aromatic heterocycles. The Kier molecular flexibility index (Phi) is 8.56. The summed E-state index contributed by atoms with van der Waals surface area (Å²) >= 11 is 0. The van der Waals surface area contributed by atoms with Gasteiger partial charge in [-0.15, -0.1) is 0 Å². The molecule has 0 aliphatic rings. The molecule has 28 heavy (non-hydrogen) atoms. The Bertz CT molecular complexity index is 737. The minimum Gasteiger partial charge on any atom is -0.391 e. The van der Waals surface area contributed by atoms with E-state index in [9.17, 15) is 29.1 Å². The standard InChI is InChI=1S/C17H23N5O6/c1-9(23)14(15(19)26)22-13(25)8-20-17(28)11(7-12(18)24)21-16(27)10-5-3-2-4-6-10/h2-6,9,11,14,23H,7-8H2,1H3,(H2,18,24)(H2,19,26)(H,20,28)(H,21,27)(H,22,25). The summed E-state index contributed by atoms with van der Waals surface area (Å²) in [5.41, 5.74) is 10.4. The Morgan fingerprint density at radius 1 is 1.04 bits per heavy atom. The highest BCUT2D eigenvalue weighted by Gasteiger charge is 2.26. The molecule has 11 heteroatoms. The fourth-order valence-electron chi connectivity index (χ4n) is 2.19. The van der Waals surface area contributed by atoms with Crippen molar-refractivity contribution in [2.45, 2.75) is 31.5 Å². The maximum atomic E-state index is 12.2. The Balaban J connectivity index is 2.69. The highest BCUT2D eigenvalue weighted by atomic mass is 16.3. The average molecular weight is 393 g/mol. The normalized spacial score (nSPS) is 13.5. The Labute approximate surface area is 160 Å². The van der Waals surface area contributed by atoms with E-state index < -0.39 is 60.7 Å². The lowest BCUT2D eigenvalue weighted by Crippen LogP contribution is -2.54. The van der Waals surface area contributed by atoms with Crippen molar-refractivity contribution in [3.05, 3.63) is 35.9 Å². The number of primary amides is 2. The third kappa shape index (κ3) is 7.41. The van der Waals surface area contributed by atoms with E-state index in [-0.39, 0.29) is 5.56 Å². The summed E-state index contributed by atoms with van der Waals surface area (Å²) in [6, 6.07) is 5.35. The molecule has 3 atom stereocenters. The fourth-order valence-corrected chi connectivity index (χ4v) is 2.19. The molecule has 152 valence electrons. The van der Waals surface area contributed by atoms with Gasteiger partial charge in [-0.1, -0.05) is 18.2 Å². The van der Waals surface area contributed by atoms with E-state index >= 15 is 0 Å². The number of aliphatic hydroxyl groups excluding tert-OH is 1. The van der Waals surface area contributed by atoms with Crippen molar-refractivity contribution >= 4 is 29.5 Å². The maximum absolute atomic E-state index is 12.2. The highest BCUT2D eigenvalue weighted by Crippen LogP contribution is 2.01. The van der Waals surface area contributed by atoms with E-state index in [0.29, 0.717) is 0 Å². The van der Waals surface area contributed by atoms with Crippen LogP contribution in [0.3, 0.4) is 0 Å². The predicted molar refractivity (Wildman–Crippen MR) is 97.3 cm³/mol. The zero-order valence-electron chi connectivity index (χ0n) is 15.2. The van der Waals surface area contributed by atoms with Gasteiger partial charge in [0.1, 0.15) is 12.1 Å². The molecule has 0 aliphatic carbocycles. The summed E-state index contributed by atoms with van der Waals surface area (Å²) in [6.45, 7) is 0.683. The van der Waals surface area contributed by atoms with Crippen molar-refractivity contribution in [3.63, 3.8) is 0 Å².